The van der Waals surface area contributed by atoms with E-state index in [0.29, 0.717) is 5.69 Å². The molecule has 1 aliphatic heterocycles. The Kier molecular flexibility index (Phi) is 6.21. The number of carbonyl (C=O) groups is 4. The van der Waals surface area contributed by atoms with Crippen molar-refractivity contribution in [2.75, 3.05) is 12.4 Å². The second-order valence-electron chi connectivity index (χ2n) is 6.44. The van der Waals surface area contributed by atoms with Gasteiger partial charge in [0.15, 0.2) is 11.8 Å². The minimum Gasteiger partial charge on any atom is -0.405 e. The lowest BCUT2D eigenvalue weighted by Gasteiger charge is -2.24. The normalized spacial score (nSPS) is 15.7. The molecule has 1 aromatic carbocycles. The van der Waals surface area contributed by atoms with Crippen molar-refractivity contribution >= 4 is 29.4 Å². The first-order chi connectivity index (χ1) is 14.4. The molecule has 0 aliphatic carbocycles. The van der Waals surface area contributed by atoms with Crippen molar-refractivity contribution in [3.8, 4) is 17.1 Å². The number of ether oxygens (including phenoxy) is 1. The van der Waals surface area contributed by atoms with Crippen molar-refractivity contribution in [1.29, 1.82) is 0 Å². The van der Waals surface area contributed by atoms with Crippen molar-refractivity contribution in [3.63, 3.8) is 0 Å². The van der Waals surface area contributed by atoms with Crippen LogP contribution >= 0.6 is 0 Å². The zero-order chi connectivity index (χ0) is 21.7. The number of ketones is 1. The summed E-state index contributed by atoms with van der Waals surface area (Å²) in [7, 11) is 1.48. The third kappa shape index (κ3) is 4.69. The van der Waals surface area contributed by atoms with Crippen LogP contribution in [0.3, 0.4) is 0 Å². The summed E-state index contributed by atoms with van der Waals surface area (Å²) in [6.45, 7) is 1.63. The summed E-state index contributed by atoms with van der Waals surface area (Å²) >= 11 is 0. The van der Waals surface area contributed by atoms with Gasteiger partial charge in [0.2, 0.25) is 5.88 Å². The Labute approximate surface area is 172 Å². The molecule has 2 N–H and O–H groups in total. The number of hydrogen-bond acceptors (Lipinski definition) is 6. The molecule has 9 nitrogen and oxygen atoms in total. The number of pyridine rings is 1. The van der Waals surface area contributed by atoms with Crippen LogP contribution in [0.2, 0.25) is 0 Å². The Bertz CT molecular complexity index is 1020. The molecule has 3 amide bonds. The minimum atomic E-state index is -1.34. The highest BCUT2D eigenvalue weighted by molar-refractivity contribution is 6.15. The number of nitrogens with one attached hydrogen (secondary N) is 2. The number of esters is 1. The van der Waals surface area contributed by atoms with Gasteiger partial charge in [0.1, 0.15) is 5.69 Å². The molecule has 0 saturated heterocycles. The van der Waals surface area contributed by atoms with E-state index in [4.69, 9.17) is 4.74 Å². The van der Waals surface area contributed by atoms with E-state index in [-0.39, 0.29) is 18.0 Å². The van der Waals surface area contributed by atoms with E-state index in [1.54, 1.807) is 13.0 Å². The van der Waals surface area contributed by atoms with Gasteiger partial charge in [0.05, 0.1) is 5.69 Å². The smallest absolute Gasteiger partial charge is 0.320 e. The van der Waals surface area contributed by atoms with E-state index in [1.807, 2.05) is 30.3 Å². The molecule has 0 spiro atoms. The van der Waals surface area contributed by atoms with Crippen molar-refractivity contribution in [1.82, 2.24) is 15.2 Å². The zero-order valence-electron chi connectivity index (χ0n) is 16.4. The lowest BCUT2D eigenvalue weighted by molar-refractivity contribution is -0.135. The van der Waals surface area contributed by atoms with Gasteiger partial charge in [-0.2, -0.15) is 0 Å². The number of urea groups is 1. The van der Waals surface area contributed by atoms with Gasteiger partial charge >= 0.3 is 12.0 Å². The highest BCUT2D eigenvalue weighted by Crippen LogP contribution is 2.27. The maximum atomic E-state index is 12.4. The Morgan fingerprint density at radius 1 is 1.13 bits per heavy atom. The lowest BCUT2D eigenvalue weighted by atomic mass is 10.1. The first-order valence-electron chi connectivity index (χ1n) is 9.22. The van der Waals surface area contributed by atoms with Gasteiger partial charge in [-0.15, -0.1) is 0 Å². The highest BCUT2D eigenvalue weighted by atomic mass is 16.5. The van der Waals surface area contributed by atoms with Crippen molar-refractivity contribution in [3.05, 3.63) is 54.7 Å². The lowest BCUT2D eigenvalue weighted by Crippen LogP contribution is -2.53. The summed E-state index contributed by atoms with van der Waals surface area (Å²) in [6, 6.07) is 10.3. The van der Waals surface area contributed by atoms with Gasteiger partial charge in [-0.3, -0.25) is 14.4 Å². The average molecular weight is 408 g/mol. The maximum absolute atomic E-state index is 12.4. The van der Waals surface area contributed by atoms with Gasteiger partial charge in [-0.05, 0) is 12.1 Å². The number of nitrogens with zero attached hydrogens (tertiary/aromatic N) is 2. The fourth-order valence-electron chi connectivity index (χ4n) is 2.67. The van der Waals surface area contributed by atoms with Crippen molar-refractivity contribution in [2.45, 2.75) is 19.4 Å². The van der Waals surface area contributed by atoms with E-state index >= 15 is 0 Å². The second-order valence-corrected chi connectivity index (χ2v) is 6.44. The molecule has 30 heavy (non-hydrogen) atoms. The first kappa shape index (κ1) is 20.7. The van der Waals surface area contributed by atoms with Crippen LogP contribution in [0.5, 0.6) is 5.88 Å². The summed E-state index contributed by atoms with van der Waals surface area (Å²) < 4.78 is 5.26. The molecule has 0 fully saturated rings. The molecule has 154 valence electrons. The molecule has 9 heteroatoms. The number of amides is 3. The van der Waals surface area contributed by atoms with Crippen LogP contribution in [-0.2, 0) is 14.4 Å². The first-order valence-corrected chi connectivity index (χ1v) is 9.22. The fraction of sp³-hybridized carbons (Fsp3) is 0.190. The Morgan fingerprint density at radius 2 is 1.87 bits per heavy atom. The standard InChI is InChI=1S/C21H20N4O5/c1-3-17(27)30-19-15(10-9-14(22-19)13-7-5-4-6-8-13)23-21(29)24-18-16(26)11-12-25(2)20(18)28/h4-12,18H,3H2,1-2H3,(H2,23,24,29)/t18-/m0/s1. The number of hydrogen-bond donors (Lipinski definition) is 2. The van der Waals surface area contributed by atoms with E-state index in [0.717, 1.165) is 5.56 Å². The predicted octanol–water partition coefficient (Wildman–Crippen LogP) is 2.11. The third-order valence-corrected chi connectivity index (χ3v) is 4.29. The molecule has 0 saturated carbocycles. The Morgan fingerprint density at radius 3 is 2.57 bits per heavy atom. The Hall–Kier alpha value is -4.01. The largest absolute Gasteiger partial charge is 0.405 e. The van der Waals surface area contributed by atoms with E-state index in [9.17, 15) is 19.2 Å². The summed E-state index contributed by atoms with van der Waals surface area (Å²) in [5, 5.41) is 4.81. The van der Waals surface area contributed by atoms with Crippen molar-refractivity contribution < 1.29 is 23.9 Å². The van der Waals surface area contributed by atoms with E-state index in [1.165, 1.54) is 30.3 Å². The molecule has 0 radical (unpaired) electrons. The average Bonchev–Trinajstić information content (AvgIpc) is 2.75. The van der Waals surface area contributed by atoms with Crippen LogP contribution in [0.15, 0.2) is 54.7 Å². The number of carbonyl (C=O) groups excluding carboxylic acids is 4. The van der Waals surface area contributed by atoms with Gasteiger partial charge in [-0.25, -0.2) is 9.78 Å². The van der Waals surface area contributed by atoms with Gasteiger partial charge in [-0.1, -0.05) is 37.3 Å². The maximum Gasteiger partial charge on any atom is 0.320 e. The fourth-order valence-corrected chi connectivity index (χ4v) is 2.67. The number of aromatic nitrogens is 1. The van der Waals surface area contributed by atoms with Crippen LogP contribution in [-0.4, -0.2) is 46.7 Å². The highest BCUT2D eigenvalue weighted by Gasteiger charge is 2.32. The molecule has 0 unspecified atom stereocenters. The monoisotopic (exact) mass is 408 g/mol. The van der Waals surface area contributed by atoms with Crippen LogP contribution in [0.1, 0.15) is 13.3 Å². The third-order valence-electron chi connectivity index (χ3n) is 4.29. The molecule has 1 aromatic heterocycles. The molecule has 2 heterocycles. The van der Waals surface area contributed by atoms with Gasteiger partial charge in [0, 0.05) is 31.3 Å². The van der Waals surface area contributed by atoms with Crippen LogP contribution in [0, 0.1) is 0 Å². The van der Waals surface area contributed by atoms with E-state index in [2.05, 4.69) is 15.6 Å². The molecule has 1 atom stereocenters. The second kappa shape index (κ2) is 8.99. The van der Waals surface area contributed by atoms with Crippen LogP contribution in [0.25, 0.3) is 11.3 Å². The topological polar surface area (TPSA) is 118 Å². The molecule has 0 bridgehead atoms. The van der Waals surface area contributed by atoms with Crippen LogP contribution < -0.4 is 15.4 Å². The number of rotatable bonds is 5. The number of benzene rings is 1. The predicted molar refractivity (Wildman–Crippen MR) is 108 cm³/mol. The number of likely N-dealkylation sites (N-methyl/N-ethyl adjacent to an activating group) is 1. The van der Waals surface area contributed by atoms with Crippen LogP contribution in [0.4, 0.5) is 10.5 Å². The summed E-state index contributed by atoms with van der Waals surface area (Å²) in [4.78, 5) is 53.8. The zero-order valence-corrected chi connectivity index (χ0v) is 16.4. The molecular formula is C21H20N4O5. The molecular weight excluding hydrogens is 388 g/mol. The quantitative estimate of drug-likeness (QED) is 0.578. The van der Waals surface area contributed by atoms with E-state index < -0.39 is 29.7 Å². The van der Waals surface area contributed by atoms with Crippen molar-refractivity contribution in [2.24, 2.45) is 0 Å². The molecule has 1 aliphatic rings. The summed E-state index contributed by atoms with van der Waals surface area (Å²) in [6.07, 6.45) is 2.65. The van der Waals surface area contributed by atoms with Gasteiger partial charge in [0.25, 0.3) is 5.91 Å². The molecule has 3 rings (SSSR count). The van der Waals surface area contributed by atoms with Gasteiger partial charge < -0.3 is 20.3 Å². The molecule has 2 aromatic rings. The SMILES string of the molecule is CCC(=O)Oc1nc(-c2ccccc2)ccc1NC(=O)N[C@H]1C(=O)C=CN(C)C1=O. The number of anilines is 1. The summed E-state index contributed by atoms with van der Waals surface area (Å²) in [5.74, 6) is -1.71. The Balaban J connectivity index is 1.82. The minimum absolute atomic E-state index is 0.0864. The summed E-state index contributed by atoms with van der Waals surface area (Å²) in [5.41, 5.74) is 1.47.